The first kappa shape index (κ1) is 25.6. The van der Waals surface area contributed by atoms with Crippen molar-refractivity contribution in [2.24, 2.45) is 0 Å². The van der Waals surface area contributed by atoms with Gasteiger partial charge in [0.2, 0.25) is 0 Å². The molecular formula is C24H13ClF6N2O2S. The molecule has 36 heavy (non-hydrogen) atoms. The van der Waals surface area contributed by atoms with Crippen LogP contribution in [-0.4, -0.2) is 18.4 Å². The van der Waals surface area contributed by atoms with Crippen molar-refractivity contribution in [1.29, 1.82) is 0 Å². The summed E-state index contributed by atoms with van der Waals surface area (Å²) in [4.78, 5) is 7.62. The van der Waals surface area contributed by atoms with Crippen molar-refractivity contribution in [2.75, 3.05) is 0 Å². The van der Waals surface area contributed by atoms with Gasteiger partial charge in [-0.05, 0) is 47.5 Å². The zero-order valence-corrected chi connectivity index (χ0v) is 19.3. The Hall–Kier alpha value is -3.44. The first-order valence-electron chi connectivity index (χ1n) is 10.0. The van der Waals surface area contributed by atoms with Crippen molar-refractivity contribution in [3.63, 3.8) is 0 Å². The van der Waals surface area contributed by atoms with Gasteiger partial charge in [-0.15, -0.1) is 0 Å². The molecule has 12 heteroatoms. The first-order valence-corrected chi connectivity index (χ1v) is 12.3. The predicted octanol–water partition coefficient (Wildman–Crippen LogP) is 7.44. The summed E-state index contributed by atoms with van der Waals surface area (Å²) in [6.07, 6.45) is -9.45. The molecule has 4 aromatic rings. The van der Waals surface area contributed by atoms with E-state index in [1.165, 1.54) is 36.4 Å². The average Bonchev–Trinajstić information content (AvgIpc) is 2.82. The van der Waals surface area contributed by atoms with E-state index in [1.807, 2.05) is 0 Å². The van der Waals surface area contributed by atoms with Gasteiger partial charge >= 0.3 is 12.4 Å². The second-order valence-electron chi connectivity index (χ2n) is 7.58. The van der Waals surface area contributed by atoms with E-state index in [0.29, 0.717) is 17.2 Å². The van der Waals surface area contributed by atoms with E-state index >= 15 is 0 Å². The van der Waals surface area contributed by atoms with Gasteiger partial charge in [-0.25, -0.2) is 18.4 Å². The fourth-order valence-electron chi connectivity index (χ4n) is 3.36. The number of hydrogen-bond donors (Lipinski definition) is 0. The lowest BCUT2D eigenvalue weighted by Gasteiger charge is -2.12. The molecule has 0 aliphatic rings. The Bertz CT molecular complexity index is 1540. The Balaban J connectivity index is 1.82. The van der Waals surface area contributed by atoms with E-state index in [4.69, 9.17) is 10.7 Å². The predicted molar refractivity (Wildman–Crippen MR) is 121 cm³/mol. The van der Waals surface area contributed by atoms with Crippen molar-refractivity contribution in [1.82, 2.24) is 9.97 Å². The van der Waals surface area contributed by atoms with Crippen LogP contribution in [0.5, 0.6) is 0 Å². The van der Waals surface area contributed by atoms with Crippen molar-refractivity contribution >= 4 is 19.7 Å². The van der Waals surface area contributed by atoms with E-state index in [0.717, 1.165) is 24.3 Å². The molecule has 0 N–H and O–H groups in total. The maximum atomic E-state index is 13.6. The summed E-state index contributed by atoms with van der Waals surface area (Å²) in [5.41, 5.74) is -1.37. The molecule has 0 saturated carbocycles. The second-order valence-corrected chi connectivity index (χ2v) is 10.1. The van der Waals surface area contributed by atoms with Crippen LogP contribution in [0.4, 0.5) is 26.3 Å². The lowest BCUT2D eigenvalue weighted by atomic mass is 10.0. The SMILES string of the molecule is O=S(=O)(Cl)c1cccc(-c2cccc(-c3nc(-c4ccc(C(F)(F)F)cc4)cc(C(F)(F)F)n3)c2)c1. The van der Waals surface area contributed by atoms with Gasteiger partial charge in [-0.3, -0.25) is 0 Å². The van der Waals surface area contributed by atoms with Crippen LogP contribution in [0, 0.1) is 0 Å². The highest BCUT2D eigenvalue weighted by Gasteiger charge is 2.34. The van der Waals surface area contributed by atoms with E-state index in [-0.39, 0.29) is 27.5 Å². The Morgan fingerprint density at radius 2 is 1.22 bits per heavy atom. The van der Waals surface area contributed by atoms with Crippen LogP contribution < -0.4 is 0 Å². The lowest BCUT2D eigenvalue weighted by Crippen LogP contribution is -2.10. The van der Waals surface area contributed by atoms with Gasteiger partial charge in [0, 0.05) is 21.8 Å². The van der Waals surface area contributed by atoms with Gasteiger partial charge in [0.1, 0.15) is 5.69 Å². The van der Waals surface area contributed by atoms with Crippen molar-refractivity contribution in [3.05, 3.63) is 90.1 Å². The average molecular weight is 543 g/mol. The number of aromatic nitrogens is 2. The summed E-state index contributed by atoms with van der Waals surface area (Å²) in [5, 5.41) is 0. The molecule has 4 nitrogen and oxygen atoms in total. The number of alkyl halides is 6. The van der Waals surface area contributed by atoms with Gasteiger partial charge in [0.15, 0.2) is 5.82 Å². The topological polar surface area (TPSA) is 59.9 Å². The number of halogens is 7. The molecule has 3 aromatic carbocycles. The quantitative estimate of drug-likeness (QED) is 0.199. The normalized spacial score (nSPS) is 12.5. The molecule has 0 aliphatic heterocycles. The molecule has 0 bridgehead atoms. The third-order valence-electron chi connectivity index (χ3n) is 5.09. The van der Waals surface area contributed by atoms with Gasteiger partial charge in [0.25, 0.3) is 9.05 Å². The zero-order valence-electron chi connectivity index (χ0n) is 17.8. The third kappa shape index (κ3) is 5.68. The molecule has 4 rings (SSSR count). The highest BCUT2D eigenvalue weighted by atomic mass is 35.7. The summed E-state index contributed by atoms with van der Waals surface area (Å²) in [7, 11) is 1.38. The van der Waals surface area contributed by atoms with Gasteiger partial charge in [0.05, 0.1) is 16.2 Å². The monoisotopic (exact) mass is 542 g/mol. The smallest absolute Gasteiger partial charge is 0.228 e. The van der Waals surface area contributed by atoms with Crippen LogP contribution in [0.3, 0.4) is 0 Å². The van der Waals surface area contributed by atoms with Crippen molar-refractivity contribution in [2.45, 2.75) is 17.2 Å². The molecule has 0 amide bonds. The molecular weight excluding hydrogens is 530 g/mol. The lowest BCUT2D eigenvalue weighted by molar-refractivity contribution is -0.141. The van der Waals surface area contributed by atoms with Gasteiger partial charge in [-0.2, -0.15) is 26.3 Å². The van der Waals surface area contributed by atoms with Crippen LogP contribution in [0.25, 0.3) is 33.8 Å². The van der Waals surface area contributed by atoms with Crippen molar-refractivity contribution in [3.8, 4) is 33.8 Å². The van der Waals surface area contributed by atoms with E-state index in [2.05, 4.69) is 9.97 Å². The van der Waals surface area contributed by atoms with Crippen LogP contribution in [-0.2, 0) is 21.4 Å². The summed E-state index contributed by atoms with van der Waals surface area (Å²) >= 11 is 0. The number of rotatable bonds is 4. The summed E-state index contributed by atoms with van der Waals surface area (Å²) in [6, 6.07) is 15.9. The molecule has 0 aliphatic carbocycles. The maximum Gasteiger partial charge on any atom is 0.433 e. The fourth-order valence-corrected chi connectivity index (χ4v) is 4.16. The molecule has 0 spiro atoms. The fraction of sp³-hybridized carbons (Fsp3) is 0.0833. The van der Waals surface area contributed by atoms with Crippen LogP contribution in [0.2, 0.25) is 0 Å². The maximum absolute atomic E-state index is 13.6. The standard InChI is InChI=1S/C24H13ClF6N2O2S/c25-36(34,35)19-6-2-4-16(12-19)15-3-1-5-17(11-15)22-32-20(13-21(33-22)24(29,30)31)14-7-9-18(10-8-14)23(26,27)28/h1-13H. The molecule has 0 radical (unpaired) electrons. The van der Waals surface area contributed by atoms with Gasteiger partial charge in [-0.1, -0.05) is 42.5 Å². The summed E-state index contributed by atoms with van der Waals surface area (Å²) < 4.78 is 103. The minimum Gasteiger partial charge on any atom is -0.228 e. The Morgan fingerprint density at radius 3 is 1.81 bits per heavy atom. The Morgan fingerprint density at radius 1 is 0.639 bits per heavy atom. The van der Waals surface area contributed by atoms with E-state index in [9.17, 15) is 34.8 Å². The van der Waals surface area contributed by atoms with Gasteiger partial charge < -0.3 is 0 Å². The molecule has 1 heterocycles. The molecule has 0 fully saturated rings. The first-order chi connectivity index (χ1) is 16.7. The Labute approximate surface area is 205 Å². The number of benzene rings is 3. The summed E-state index contributed by atoms with van der Waals surface area (Å²) in [6.45, 7) is 0. The molecule has 0 unspecified atom stereocenters. The minimum atomic E-state index is -4.85. The van der Waals surface area contributed by atoms with Crippen LogP contribution in [0.15, 0.2) is 83.8 Å². The minimum absolute atomic E-state index is 0.0355. The second kappa shape index (κ2) is 9.21. The number of hydrogen-bond acceptors (Lipinski definition) is 4. The van der Waals surface area contributed by atoms with Crippen molar-refractivity contribution < 1.29 is 34.8 Å². The molecule has 1 aromatic heterocycles. The Kier molecular flexibility index (Phi) is 6.56. The molecule has 186 valence electrons. The van der Waals surface area contributed by atoms with Crippen LogP contribution in [0.1, 0.15) is 11.3 Å². The van der Waals surface area contributed by atoms with E-state index in [1.54, 1.807) is 12.1 Å². The zero-order chi connectivity index (χ0) is 26.3. The van der Waals surface area contributed by atoms with Crippen LogP contribution >= 0.6 is 10.7 Å². The highest BCUT2D eigenvalue weighted by Crippen LogP contribution is 2.35. The largest absolute Gasteiger partial charge is 0.433 e. The number of nitrogens with zero attached hydrogens (tertiary/aromatic N) is 2. The van der Waals surface area contributed by atoms with E-state index < -0.39 is 32.7 Å². The summed E-state index contributed by atoms with van der Waals surface area (Å²) in [5.74, 6) is -0.317. The third-order valence-corrected chi connectivity index (χ3v) is 6.45. The highest BCUT2D eigenvalue weighted by molar-refractivity contribution is 8.13. The molecule has 0 atom stereocenters. The molecule has 0 saturated heterocycles.